The second-order valence-electron chi connectivity index (χ2n) is 14.8. The first-order valence-electron chi connectivity index (χ1n) is 19.0. The van der Waals surface area contributed by atoms with Crippen molar-refractivity contribution in [3.05, 3.63) is 195 Å². The molecule has 1 aromatic heterocycles. The van der Waals surface area contributed by atoms with Gasteiger partial charge in [0.2, 0.25) is 0 Å². The Hall–Kier alpha value is -6.63. The van der Waals surface area contributed by atoms with Crippen LogP contribution in [0.25, 0.3) is 38.9 Å². The van der Waals surface area contributed by atoms with Crippen molar-refractivity contribution in [1.82, 2.24) is 0 Å². The molecule has 0 saturated heterocycles. The molecule has 0 amide bonds. The molecule has 7 aromatic rings. The third kappa shape index (κ3) is 5.64. The van der Waals surface area contributed by atoms with Crippen LogP contribution in [0.15, 0.2) is 151 Å². The molecular weight excluding hydrogens is 711 g/mol. The highest BCUT2D eigenvalue weighted by Crippen LogP contribution is 2.54. The molecule has 2 heterocycles. The van der Waals surface area contributed by atoms with Gasteiger partial charge in [-0.2, -0.15) is 0 Å². The maximum absolute atomic E-state index is 13.5. The second kappa shape index (κ2) is 13.6. The van der Waals surface area contributed by atoms with Crippen molar-refractivity contribution < 1.29 is 19.5 Å². The molecule has 56 heavy (non-hydrogen) atoms. The zero-order valence-electron chi connectivity index (χ0n) is 30.3. The van der Waals surface area contributed by atoms with Gasteiger partial charge in [-0.05, 0) is 101 Å². The van der Waals surface area contributed by atoms with Crippen molar-refractivity contribution in [1.29, 1.82) is 0 Å². The van der Waals surface area contributed by atoms with E-state index in [1.807, 2.05) is 18.2 Å². The van der Waals surface area contributed by atoms with E-state index >= 15 is 0 Å². The van der Waals surface area contributed by atoms with Gasteiger partial charge in [0.05, 0.1) is 11.1 Å². The zero-order chi connectivity index (χ0) is 37.9. The van der Waals surface area contributed by atoms with E-state index in [2.05, 4.69) is 120 Å². The van der Waals surface area contributed by atoms with Gasteiger partial charge in [0.15, 0.2) is 11.6 Å². The summed E-state index contributed by atoms with van der Waals surface area (Å²) < 4.78 is 0. The number of Topliss-reactive ketones (excluding diaryl/α,β-unsaturated/α-hetero) is 2. The number of aromatic carboxylic acids is 1. The van der Waals surface area contributed by atoms with Crippen molar-refractivity contribution in [2.75, 3.05) is 4.90 Å². The van der Waals surface area contributed by atoms with Crippen LogP contribution in [0.1, 0.15) is 83.4 Å². The van der Waals surface area contributed by atoms with Crippen LogP contribution in [0, 0.1) is 0 Å². The minimum atomic E-state index is -1.14. The monoisotopic (exact) mass is 745 g/mol. The van der Waals surface area contributed by atoms with Gasteiger partial charge < -0.3 is 10.0 Å². The summed E-state index contributed by atoms with van der Waals surface area (Å²) in [5, 5.41) is 11.5. The Morgan fingerprint density at radius 3 is 2.07 bits per heavy atom. The quantitative estimate of drug-likeness (QED) is 0.0999. The standard InChI is InChI=1S/C50H35NO4S/c52-47-38-24-20-34(50(54)55)28-42(38)48(53)43(47)29-46-37-14-7-8-15-39(37)49(56-46)33-21-25-45-41(27-33)36-16-9-17-44(36)51(45)35-22-18-30(19-23-35)26-40(31-10-3-1-4-11-31)32-12-5-2-6-13-32/h1-8,10-15,18-29,36,44H,9,16-17H2,(H,54,55)/b43-29+. The SMILES string of the molecule is O=C(O)c1ccc2c(c1)C(=O)/C(=C/c1sc(-c3ccc4c(c3)C3CCCC3N4c3ccc(C=C(c4ccccc4)c4ccccc4)cc3)c3ccccc13)C2=O. The van der Waals surface area contributed by atoms with Crippen LogP contribution in [-0.2, 0) is 0 Å². The van der Waals surface area contributed by atoms with Crippen LogP contribution in [0.3, 0.4) is 0 Å². The molecule has 1 saturated carbocycles. The number of hydrogen-bond acceptors (Lipinski definition) is 5. The third-order valence-electron chi connectivity index (χ3n) is 11.6. The van der Waals surface area contributed by atoms with Crippen LogP contribution in [0.4, 0.5) is 11.4 Å². The highest BCUT2D eigenvalue weighted by molar-refractivity contribution is 7.18. The smallest absolute Gasteiger partial charge is 0.335 e. The van der Waals surface area contributed by atoms with Crippen LogP contribution in [0.2, 0.25) is 0 Å². The first kappa shape index (κ1) is 33.9. The summed E-state index contributed by atoms with van der Waals surface area (Å²) in [4.78, 5) is 43.0. The lowest BCUT2D eigenvalue weighted by Crippen LogP contribution is -2.26. The number of anilines is 2. The molecule has 6 heteroatoms. The molecular formula is C50H35NO4S. The molecule has 1 N–H and O–H groups in total. The molecule has 2 aliphatic carbocycles. The fourth-order valence-corrected chi connectivity index (χ4v) is 10.2. The summed E-state index contributed by atoms with van der Waals surface area (Å²) in [5.41, 5.74) is 10.1. The Bertz CT molecular complexity index is 2750. The van der Waals surface area contributed by atoms with Gasteiger partial charge in [0.1, 0.15) is 0 Å². The van der Waals surface area contributed by atoms with Gasteiger partial charge in [-0.15, -0.1) is 11.3 Å². The van der Waals surface area contributed by atoms with Crippen LogP contribution in [-0.4, -0.2) is 28.7 Å². The Morgan fingerprint density at radius 1 is 0.679 bits per heavy atom. The summed E-state index contributed by atoms with van der Waals surface area (Å²) in [6.45, 7) is 0. The summed E-state index contributed by atoms with van der Waals surface area (Å²) in [7, 11) is 0. The lowest BCUT2D eigenvalue weighted by molar-refractivity contribution is 0.0696. The number of ketones is 2. The van der Waals surface area contributed by atoms with Crippen LogP contribution in [0.5, 0.6) is 0 Å². The number of thiophene rings is 1. The topological polar surface area (TPSA) is 74.7 Å². The summed E-state index contributed by atoms with van der Waals surface area (Å²) >= 11 is 1.58. The summed E-state index contributed by atoms with van der Waals surface area (Å²) in [6, 6.07) is 49.6. The third-order valence-corrected chi connectivity index (χ3v) is 12.8. The van der Waals surface area contributed by atoms with E-state index in [9.17, 15) is 19.5 Å². The van der Waals surface area contributed by atoms with Crippen molar-refractivity contribution in [3.63, 3.8) is 0 Å². The minimum Gasteiger partial charge on any atom is -0.478 e. The number of carbonyl (C=O) groups excluding carboxylic acids is 2. The Kier molecular flexibility index (Phi) is 8.23. The van der Waals surface area contributed by atoms with Crippen molar-refractivity contribution in [3.8, 4) is 10.4 Å². The fraction of sp³-hybridized carbons (Fsp3) is 0.100. The predicted octanol–water partition coefficient (Wildman–Crippen LogP) is 12.1. The lowest BCUT2D eigenvalue weighted by atomic mass is 9.95. The van der Waals surface area contributed by atoms with E-state index in [4.69, 9.17) is 0 Å². The molecule has 6 aromatic carbocycles. The maximum atomic E-state index is 13.5. The number of fused-ring (bicyclic) bond motifs is 5. The molecule has 2 unspecified atom stereocenters. The zero-order valence-corrected chi connectivity index (χ0v) is 31.1. The number of carboxylic acids is 1. The minimum absolute atomic E-state index is 0.0138. The lowest BCUT2D eigenvalue weighted by Gasteiger charge is -2.27. The maximum Gasteiger partial charge on any atom is 0.335 e. The Balaban J connectivity index is 0.995. The molecule has 1 fully saturated rings. The van der Waals surface area contributed by atoms with E-state index in [0.29, 0.717) is 12.0 Å². The Labute approximate surface area is 328 Å². The van der Waals surface area contributed by atoms with Crippen molar-refractivity contribution >= 4 is 68.7 Å². The predicted molar refractivity (Wildman–Crippen MR) is 226 cm³/mol. The molecule has 1 aliphatic heterocycles. The number of carboxylic acid groups (broad SMARTS) is 1. The highest BCUT2D eigenvalue weighted by atomic mass is 32.1. The van der Waals surface area contributed by atoms with Gasteiger partial charge in [-0.3, -0.25) is 9.59 Å². The number of rotatable bonds is 7. The summed E-state index contributed by atoms with van der Waals surface area (Å²) in [6.07, 6.45) is 7.45. The molecule has 5 nitrogen and oxygen atoms in total. The van der Waals surface area contributed by atoms with E-state index in [1.165, 1.54) is 58.3 Å². The first-order valence-corrected chi connectivity index (χ1v) is 19.8. The molecule has 10 rings (SSSR count). The molecule has 0 radical (unpaired) electrons. The van der Waals surface area contributed by atoms with Gasteiger partial charge in [-0.25, -0.2) is 4.79 Å². The molecule has 2 atom stereocenters. The van der Waals surface area contributed by atoms with Crippen molar-refractivity contribution in [2.24, 2.45) is 0 Å². The van der Waals surface area contributed by atoms with Gasteiger partial charge >= 0.3 is 5.97 Å². The number of allylic oxidation sites excluding steroid dienone is 1. The fourth-order valence-electron chi connectivity index (χ4n) is 8.96. The van der Waals surface area contributed by atoms with E-state index in [1.54, 1.807) is 17.4 Å². The number of benzene rings is 6. The second-order valence-corrected chi connectivity index (χ2v) is 15.8. The van der Waals surface area contributed by atoms with Crippen molar-refractivity contribution in [2.45, 2.75) is 31.2 Å². The number of hydrogen-bond donors (Lipinski definition) is 1. The van der Waals surface area contributed by atoms with Gasteiger partial charge in [0.25, 0.3) is 0 Å². The largest absolute Gasteiger partial charge is 0.478 e. The molecule has 270 valence electrons. The number of nitrogens with zero attached hydrogens (tertiary/aromatic N) is 1. The first-order chi connectivity index (χ1) is 27.4. The van der Waals surface area contributed by atoms with Gasteiger partial charge in [-0.1, -0.05) is 110 Å². The molecule has 0 spiro atoms. The van der Waals surface area contributed by atoms with Gasteiger partial charge in [0, 0.05) is 55.0 Å². The molecule has 0 bridgehead atoms. The van der Waals surface area contributed by atoms with E-state index in [-0.39, 0.29) is 28.0 Å². The Morgan fingerprint density at radius 2 is 1.36 bits per heavy atom. The van der Waals surface area contributed by atoms with E-state index < -0.39 is 11.8 Å². The van der Waals surface area contributed by atoms with E-state index in [0.717, 1.165) is 44.5 Å². The van der Waals surface area contributed by atoms with Crippen LogP contribution >= 0.6 is 11.3 Å². The van der Waals surface area contributed by atoms with Crippen LogP contribution < -0.4 is 4.90 Å². The summed E-state index contributed by atoms with van der Waals surface area (Å²) in [5.74, 6) is -1.51. The molecule has 3 aliphatic rings. The normalized spacial score (nSPS) is 17.6. The average molecular weight is 746 g/mol. The highest BCUT2D eigenvalue weighted by Gasteiger charge is 2.42. The number of carbonyl (C=O) groups is 3. The average Bonchev–Trinajstić information content (AvgIpc) is 3.99.